The molecule has 0 saturated heterocycles. The van der Waals surface area contributed by atoms with Crippen molar-refractivity contribution in [2.24, 2.45) is 11.8 Å². The van der Waals surface area contributed by atoms with E-state index in [2.05, 4.69) is 0 Å². The highest BCUT2D eigenvalue weighted by Gasteiger charge is 2.40. The van der Waals surface area contributed by atoms with Crippen LogP contribution in [0.2, 0.25) is 0 Å². The maximum atomic E-state index is 13.4. The van der Waals surface area contributed by atoms with Crippen molar-refractivity contribution in [3.63, 3.8) is 0 Å². The minimum Gasteiger partial charge on any atom is -0.443 e. The van der Waals surface area contributed by atoms with Gasteiger partial charge in [0.05, 0.1) is 5.60 Å². The van der Waals surface area contributed by atoms with Crippen molar-refractivity contribution in [1.82, 2.24) is 4.90 Å². The van der Waals surface area contributed by atoms with Crippen LogP contribution in [0.5, 0.6) is 0 Å². The Kier molecular flexibility index (Phi) is 8.25. The largest absolute Gasteiger partial charge is 0.443 e. The second-order valence-electron chi connectivity index (χ2n) is 10.7. The first-order chi connectivity index (χ1) is 14.7. The van der Waals surface area contributed by atoms with Gasteiger partial charge < -0.3 is 14.6 Å². The van der Waals surface area contributed by atoms with Crippen molar-refractivity contribution in [2.45, 2.75) is 122 Å². The van der Waals surface area contributed by atoms with E-state index in [1.54, 1.807) is 0 Å². The number of allylic oxidation sites excluding steroid dienone is 3. The van der Waals surface area contributed by atoms with Crippen LogP contribution >= 0.6 is 0 Å². The Bertz CT molecular complexity index is 654. The maximum Gasteiger partial charge on any atom is 0.418 e. The van der Waals surface area contributed by atoms with Crippen molar-refractivity contribution in [2.75, 3.05) is 0 Å². The zero-order valence-corrected chi connectivity index (χ0v) is 20.1. The fourth-order valence-corrected chi connectivity index (χ4v) is 5.48. The van der Waals surface area contributed by atoms with Crippen molar-refractivity contribution in [3.8, 4) is 0 Å². The van der Waals surface area contributed by atoms with Crippen LogP contribution in [0.1, 0.15) is 105 Å². The van der Waals surface area contributed by atoms with E-state index >= 15 is 0 Å². The van der Waals surface area contributed by atoms with Gasteiger partial charge in [-0.05, 0) is 84.1 Å². The van der Waals surface area contributed by atoms with Crippen LogP contribution in [-0.4, -0.2) is 33.7 Å². The highest BCUT2D eigenvalue weighted by atomic mass is 16.7. The lowest BCUT2D eigenvalue weighted by Gasteiger charge is -2.42. The predicted octanol–water partition coefficient (Wildman–Crippen LogP) is 6.67. The molecule has 5 nitrogen and oxygen atoms in total. The zero-order chi connectivity index (χ0) is 22.5. The average Bonchev–Trinajstić information content (AvgIpc) is 2.75. The molecule has 5 heteroatoms. The van der Waals surface area contributed by atoms with E-state index in [1.165, 1.54) is 43.4 Å². The Morgan fingerprint density at radius 1 is 0.935 bits per heavy atom. The predicted molar refractivity (Wildman–Crippen MR) is 123 cm³/mol. The van der Waals surface area contributed by atoms with Gasteiger partial charge in [0.2, 0.25) is 6.41 Å². The molecule has 1 unspecified atom stereocenters. The number of aliphatic hydroxyl groups is 1. The number of carbonyl (C=O) groups excluding carboxylic acids is 1. The number of carbonyl (C=O) groups is 1. The molecule has 0 aromatic heterocycles. The molecule has 1 atom stereocenters. The Balaban J connectivity index is 1.74. The lowest BCUT2D eigenvalue weighted by molar-refractivity contribution is -0.243. The summed E-state index contributed by atoms with van der Waals surface area (Å²) in [7, 11) is 0. The molecule has 1 N–H and O–H groups in total. The molecule has 0 aromatic carbocycles. The van der Waals surface area contributed by atoms with E-state index in [1.807, 2.05) is 45.9 Å². The first-order valence-electron chi connectivity index (χ1n) is 12.5. The van der Waals surface area contributed by atoms with Crippen LogP contribution in [0.25, 0.3) is 0 Å². The summed E-state index contributed by atoms with van der Waals surface area (Å²) >= 11 is 0. The number of nitrogens with zero attached hydrogens (tertiary/aromatic N) is 1. The second-order valence-corrected chi connectivity index (χ2v) is 10.7. The van der Waals surface area contributed by atoms with Gasteiger partial charge in [0.25, 0.3) is 0 Å². The Hall–Kier alpha value is -1.33. The monoisotopic (exact) mass is 433 g/mol. The van der Waals surface area contributed by atoms with Crippen LogP contribution in [0.3, 0.4) is 0 Å². The molecule has 0 heterocycles. The molecule has 1 amide bonds. The third-order valence-electron chi connectivity index (χ3n) is 7.61. The van der Waals surface area contributed by atoms with Crippen molar-refractivity contribution < 1.29 is 19.4 Å². The number of aliphatic hydroxyl groups excluding tert-OH is 1. The number of hydrogen-bond acceptors (Lipinski definition) is 4. The Morgan fingerprint density at radius 2 is 1.48 bits per heavy atom. The lowest BCUT2D eigenvalue weighted by atomic mass is 9.79. The van der Waals surface area contributed by atoms with Gasteiger partial charge in [-0.1, -0.05) is 50.7 Å². The summed E-state index contributed by atoms with van der Waals surface area (Å²) in [4.78, 5) is 14.7. The molecule has 2 saturated carbocycles. The van der Waals surface area contributed by atoms with E-state index in [9.17, 15) is 9.90 Å². The van der Waals surface area contributed by atoms with Crippen molar-refractivity contribution in [3.05, 3.63) is 23.9 Å². The number of rotatable bonds is 7. The molecular weight excluding hydrogens is 390 g/mol. The highest BCUT2D eigenvalue weighted by Crippen LogP contribution is 2.38. The minimum absolute atomic E-state index is 0.347. The fourth-order valence-electron chi connectivity index (χ4n) is 5.48. The van der Waals surface area contributed by atoms with Gasteiger partial charge in [-0.2, -0.15) is 0 Å². The molecule has 0 aliphatic heterocycles. The summed E-state index contributed by atoms with van der Waals surface area (Å²) in [6.07, 6.45) is 17.4. The van der Waals surface area contributed by atoms with Gasteiger partial charge in [0.1, 0.15) is 5.60 Å². The van der Waals surface area contributed by atoms with Gasteiger partial charge in [0.15, 0.2) is 0 Å². The van der Waals surface area contributed by atoms with Crippen molar-refractivity contribution >= 4 is 6.09 Å². The average molecular weight is 434 g/mol. The van der Waals surface area contributed by atoms with Crippen LogP contribution in [-0.2, 0) is 9.47 Å². The van der Waals surface area contributed by atoms with Crippen LogP contribution in [0.15, 0.2) is 23.9 Å². The third-order valence-corrected chi connectivity index (χ3v) is 7.61. The quantitative estimate of drug-likeness (QED) is 0.456. The Labute approximate surface area is 188 Å². The highest BCUT2D eigenvalue weighted by molar-refractivity contribution is 5.71. The van der Waals surface area contributed by atoms with E-state index in [0.717, 1.165) is 38.5 Å². The topological polar surface area (TPSA) is 59.0 Å². The lowest BCUT2D eigenvalue weighted by Crippen LogP contribution is -2.50. The fraction of sp³-hybridized carbons (Fsp3) is 0.808. The molecule has 0 radical (unpaired) electrons. The number of ether oxygens (including phenoxy) is 2. The zero-order valence-electron chi connectivity index (χ0n) is 20.1. The molecule has 2 fully saturated rings. The minimum atomic E-state index is -1.37. The van der Waals surface area contributed by atoms with E-state index in [4.69, 9.17) is 9.47 Å². The number of amides is 1. The third kappa shape index (κ3) is 6.35. The molecule has 3 aliphatic carbocycles. The van der Waals surface area contributed by atoms with Gasteiger partial charge in [-0.3, -0.25) is 0 Å². The number of hydrogen-bond donors (Lipinski definition) is 1. The van der Waals surface area contributed by atoms with Gasteiger partial charge in [-0.15, -0.1) is 0 Å². The Morgan fingerprint density at radius 3 is 2.00 bits per heavy atom. The molecule has 0 spiro atoms. The van der Waals surface area contributed by atoms with Gasteiger partial charge >= 0.3 is 6.09 Å². The molecule has 31 heavy (non-hydrogen) atoms. The van der Waals surface area contributed by atoms with E-state index < -0.39 is 23.7 Å². The first-order valence-corrected chi connectivity index (χ1v) is 12.5. The normalized spacial score (nSPS) is 22.7. The SMILES string of the molecule is CC(C)(OC(=O)N(C1=CCCC=C1)C(O)OC(C)(C)C1CCCCC1)C1CCCCC1. The standard InChI is InChI=1S/C26H43NO4/c1-25(2,20-14-8-5-9-15-20)30-23(28)27(22-18-12-7-13-19-22)24(29)31-26(3,4)21-16-10-6-11-17-21/h12,18-21,23,28H,5-11,13-17H2,1-4H3. The summed E-state index contributed by atoms with van der Waals surface area (Å²) in [5.74, 6) is 0.725. The van der Waals surface area contributed by atoms with Crippen molar-refractivity contribution in [1.29, 1.82) is 0 Å². The summed E-state index contributed by atoms with van der Waals surface area (Å²) in [5, 5.41) is 11.1. The van der Waals surface area contributed by atoms with Crippen LogP contribution < -0.4 is 0 Å². The molecule has 176 valence electrons. The molecular formula is C26H43NO4. The first kappa shape index (κ1) is 24.3. The smallest absolute Gasteiger partial charge is 0.418 e. The summed E-state index contributed by atoms with van der Waals surface area (Å²) in [6.45, 7) is 8.08. The van der Waals surface area contributed by atoms with Crippen LogP contribution in [0, 0.1) is 11.8 Å². The van der Waals surface area contributed by atoms with E-state index in [0.29, 0.717) is 17.5 Å². The van der Waals surface area contributed by atoms with E-state index in [-0.39, 0.29) is 0 Å². The summed E-state index contributed by atoms with van der Waals surface area (Å²) in [5.41, 5.74) is -0.439. The second kappa shape index (κ2) is 10.5. The molecule has 3 rings (SSSR count). The molecule has 0 aromatic rings. The summed E-state index contributed by atoms with van der Waals surface area (Å²) < 4.78 is 12.2. The van der Waals surface area contributed by atoms with Crippen LogP contribution in [0.4, 0.5) is 4.79 Å². The van der Waals surface area contributed by atoms with Gasteiger partial charge in [-0.25, -0.2) is 9.69 Å². The van der Waals surface area contributed by atoms with Gasteiger partial charge in [0, 0.05) is 5.70 Å². The summed E-state index contributed by atoms with van der Waals surface area (Å²) in [6, 6.07) is 0. The molecule has 0 bridgehead atoms. The molecule has 3 aliphatic rings. The maximum absolute atomic E-state index is 13.4.